The van der Waals surface area contributed by atoms with E-state index >= 15 is 0 Å². The van der Waals surface area contributed by atoms with Crippen molar-refractivity contribution in [2.75, 3.05) is 13.1 Å². The van der Waals surface area contributed by atoms with Gasteiger partial charge in [0.05, 0.1) is 4.90 Å². The first-order chi connectivity index (χ1) is 9.17. The lowest BCUT2D eigenvalue weighted by Gasteiger charge is -2.13. The van der Waals surface area contributed by atoms with Crippen molar-refractivity contribution in [3.05, 3.63) is 42.5 Å². The number of hydrogen-bond acceptors (Lipinski definition) is 3. The average Bonchev–Trinajstić information content (AvgIpc) is 2.90. The van der Waals surface area contributed by atoms with Gasteiger partial charge >= 0.3 is 0 Å². The Morgan fingerprint density at radius 1 is 1.10 bits per heavy atom. The van der Waals surface area contributed by atoms with Gasteiger partial charge in [0, 0.05) is 18.0 Å². The van der Waals surface area contributed by atoms with Crippen LogP contribution in [0, 0.1) is 0 Å². The molecule has 20 heavy (non-hydrogen) atoms. The first kappa shape index (κ1) is 15.3. The highest BCUT2D eigenvalue weighted by molar-refractivity contribution is 7.89. The summed E-state index contributed by atoms with van der Waals surface area (Å²) in [7, 11) is -3.46. The third-order valence-electron chi connectivity index (χ3n) is 3.42. The average molecular weight is 313 g/mol. The van der Waals surface area contributed by atoms with Crippen molar-refractivity contribution >= 4 is 33.2 Å². The molecular formula is C14H17ClN2O2S. The summed E-state index contributed by atoms with van der Waals surface area (Å²) >= 11 is 0. The van der Waals surface area contributed by atoms with Crippen LogP contribution in [0.15, 0.2) is 47.4 Å². The molecule has 0 spiro atoms. The zero-order chi connectivity index (χ0) is 13.3. The van der Waals surface area contributed by atoms with Gasteiger partial charge in [0.2, 0.25) is 10.0 Å². The molecule has 2 aromatic carbocycles. The van der Waals surface area contributed by atoms with Crippen molar-refractivity contribution in [2.45, 2.75) is 17.4 Å². The SMILES string of the molecule is Cl.O=S(=O)(NC1CCNC1)c1cccc2ccccc12. The summed E-state index contributed by atoms with van der Waals surface area (Å²) in [5.41, 5.74) is 0. The van der Waals surface area contributed by atoms with E-state index in [2.05, 4.69) is 10.0 Å². The van der Waals surface area contributed by atoms with E-state index in [1.54, 1.807) is 12.1 Å². The van der Waals surface area contributed by atoms with Crippen molar-refractivity contribution in [1.29, 1.82) is 0 Å². The summed E-state index contributed by atoms with van der Waals surface area (Å²) in [6, 6.07) is 12.9. The van der Waals surface area contributed by atoms with E-state index in [1.807, 2.05) is 30.3 Å². The second-order valence-electron chi connectivity index (χ2n) is 4.79. The minimum Gasteiger partial charge on any atom is -0.315 e. The van der Waals surface area contributed by atoms with Gasteiger partial charge in [0.1, 0.15) is 0 Å². The zero-order valence-electron chi connectivity index (χ0n) is 10.9. The molecule has 1 atom stereocenters. The Morgan fingerprint density at radius 3 is 2.60 bits per heavy atom. The van der Waals surface area contributed by atoms with E-state index in [1.165, 1.54) is 0 Å². The molecule has 1 unspecified atom stereocenters. The lowest BCUT2D eigenvalue weighted by molar-refractivity contribution is 0.561. The molecular weight excluding hydrogens is 296 g/mol. The van der Waals surface area contributed by atoms with Crippen molar-refractivity contribution in [3.63, 3.8) is 0 Å². The smallest absolute Gasteiger partial charge is 0.241 e. The molecule has 1 fully saturated rings. The summed E-state index contributed by atoms with van der Waals surface area (Å²) in [4.78, 5) is 0.359. The number of benzene rings is 2. The van der Waals surface area contributed by atoms with E-state index < -0.39 is 10.0 Å². The fraction of sp³-hybridized carbons (Fsp3) is 0.286. The zero-order valence-corrected chi connectivity index (χ0v) is 12.5. The summed E-state index contributed by atoms with van der Waals surface area (Å²) in [5, 5.41) is 4.86. The largest absolute Gasteiger partial charge is 0.315 e. The minimum absolute atomic E-state index is 0. The Hall–Kier alpha value is -1.14. The maximum absolute atomic E-state index is 12.5. The van der Waals surface area contributed by atoms with Crippen LogP contribution in [0.25, 0.3) is 10.8 Å². The lowest BCUT2D eigenvalue weighted by Crippen LogP contribution is -2.36. The Morgan fingerprint density at radius 2 is 1.85 bits per heavy atom. The van der Waals surface area contributed by atoms with Crippen LogP contribution in [-0.2, 0) is 10.0 Å². The third kappa shape index (κ3) is 2.96. The Balaban J connectivity index is 0.00000147. The molecule has 1 aliphatic heterocycles. The molecule has 0 aromatic heterocycles. The van der Waals surface area contributed by atoms with Gasteiger partial charge in [-0.05, 0) is 24.4 Å². The van der Waals surface area contributed by atoms with Crippen LogP contribution in [0.1, 0.15) is 6.42 Å². The van der Waals surface area contributed by atoms with Crippen LogP contribution in [0.2, 0.25) is 0 Å². The van der Waals surface area contributed by atoms with Crippen LogP contribution in [-0.4, -0.2) is 27.5 Å². The molecule has 1 aliphatic rings. The molecule has 0 bridgehead atoms. The van der Waals surface area contributed by atoms with Gasteiger partial charge in [0.15, 0.2) is 0 Å². The van der Waals surface area contributed by atoms with Crippen molar-refractivity contribution in [3.8, 4) is 0 Å². The fourth-order valence-corrected chi connectivity index (χ4v) is 3.97. The topological polar surface area (TPSA) is 58.2 Å². The van der Waals surface area contributed by atoms with Crippen LogP contribution >= 0.6 is 12.4 Å². The van der Waals surface area contributed by atoms with Gasteiger partial charge in [-0.1, -0.05) is 36.4 Å². The second kappa shape index (κ2) is 6.10. The van der Waals surface area contributed by atoms with E-state index in [9.17, 15) is 8.42 Å². The van der Waals surface area contributed by atoms with Crippen LogP contribution in [0.4, 0.5) is 0 Å². The highest BCUT2D eigenvalue weighted by Gasteiger charge is 2.23. The van der Waals surface area contributed by atoms with Gasteiger partial charge in [-0.3, -0.25) is 0 Å². The van der Waals surface area contributed by atoms with Crippen molar-refractivity contribution in [2.24, 2.45) is 0 Å². The molecule has 0 radical (unpaired) electrons. The normalized spacial score (nSPS) is 18.9. The maximum atomic E-state index is 12.5. The van der Waals surface area contributed by atoms with Gasteiger partial charge < -0.3 is 5.32 Å². The highest BCUT2D eigenvalue weighted by Crippen LogP contribution is 2.23. The number of rotatable bonds is 3. The quantitative estimate of drug-likeness (QED) is 0.910. The summed E-state index contributed by atoms with van der Waals surface area (Å²) < 4.78 is 27.7. The number of sulfonamides is 1. The predicted octanol–water partition coefficient (Wildman–Crippen LogP) is 1.90. The molecule has 0 amide bonds. The fourth-order valence-electron chi connectivity index (χ4n) is 2.47. The molecule has 2 aromatic rings. The first-order valence-electron chi connectivity index (χ1n) is 6.38. The van der Waals surface area contributed by atoms with E-state index in [4.69, 9.17) is 0 Å². The standard InChI is InChI=1S/C14H16N2O2S.ClH/c17-19(18,16-12-8-9-15-10-12)14-7-3-5-11-4-1-2-6-13(11)14;/h1-7,12,15-16H,8-10H2;1H. The van der Waals surface area contributed by atoms with Crippen molar-refractivity contribution < 1.29 is 8.42 Å². The monoisotopic (exact) mass is 312 g/mol. The third-order valence-corrected chi connectivity index (χ3v) is 5.00. The molecule has 1 saturated heterocycles. The summed E-state index contributed by atoms with van der Waals surface area (Å²) in [6.07, 6.45) is 0.837. The first-order valence-corrected chi connectivity index (χ1v) is 7.86. The van der Waals surface area contributed by atoms with E-state index in [-0.39, 0.29) is 18.4 Å². The van der Waals surface area contributed by atoms with Gasteiger partial charge in [-0.25, -0.2) is 13.1 Å². The van der Waals surface area contributed by atoms with Crippen LogP contribution in [0.3, 0.4) is 0 Å². The summed E-state index contributed by atoms with van der Waals surface area (Å²) in [5.74, 6) is 0. The molecule has 0 aliphatic carbocycles. The molecule has 2 N–H and O–H groups in total. The molecule has 108 valence electrons. The number of fused-ring (bicyclic) bond motifs is 1. The van der Waals surface area contributed by atoms with Gasteiger partial charge in [-0.15, -0.1) is 12.4 Å². The molecule has 4 nitrogen and oxygen atoms in total. The van der Waals surface area contributed by atoms with Crippen LogP contribution < -0.4 is 10.0 Å². The molecule has 6 heteroatoms. The van der Waals surface area contributed by atoms with Crippen molar-refractivity contribution in [1.82, 2.24) is 10.0 Å². The Bertz CT molecular complexity index is 692. The van der Waals surface area contributed by atoms with E-state index in [0.29, 0.717) is 11.4 Å². The Labute approximate surface area is 125 Å². The molecule has 3 rings (SSSR count). The van der Waals surface area contributed by atoms with Crippen LogP contribution in [0.5, 0.6) is 0 Å². The molecule has 0 saturated carbocycles. The predicted molar refractivity (Wildman–Crippen MR) is 82.8 cm³/mol. The summed E-state index contributed by atoms with van der Waals surface area (Å²) in [6.45, 7) is 1.56. The second-order valence-corrected chi connectivity index (χ2v) is 6.47. The van der Waals surface area contributed by atoms with Gasteiger partial charge in [-0.2, -0.15) is 0 Å². The van der Waals surface area contributed by atoms with E-state index in [0.717, 1.165) is 23.7 Å². The number of nitrogens with one attached hydrogen (secondary N) is 2. The lowest BCUT2D eigenvalue weighted by atomic mass is 10.1. The number of hydrogen-bond donors (Lipinski definition) is 2. The highest BCUT2D eigenvalue weighted by atomic mass is 35.5. The van der Waals surface area contributed by atoms with Gasteiger partial charge in [0.25, 0.3) is 0 Å². The number of halogens is 1. The molecule has 1 heterocycles. The maximum Gasteiger partial charge on any atom is 0.241 e. The Kier molecular flexibility index (Phi) is 4.65. The minimum atomic E-state index is -3.46.